The Bertz CT molecular complexity index is 414. The average Bonchev–Trinajstić information content (AvgIpc) is 2.80. The highest BCUT2D eigenvalue weighted by Gasteiger charge is 2.77. The van der Waals surface area contributed by atoms with Gasteiger partial charge >= 0.3 is 12.2 Å². The monoisotopic (exact) mass is 256 g/mol. The van der Waals surface area contributed by atoms with Crippen LogP contribution in [0, 0.1) is 11.3 Å². The fourth-order valence-electron chi connectivity index (χ4n) is 4.06. The molecule has 3 fully saturated rings. The van der Waals surface area contributed by atoms with Gasteiger partial charge in [0.1, 0.15) is 11.7 Å². The molecule has 4 atom stereocenters. The average molecular weight is 256 g/mol. The second-order valence-corrected chi connectivity index (χ2v) is 5.60. The van der Waals surface area contributed by atoms with Gasteiger partial charge in [-0.3, -0.25) is 0 Å². The van der Waals surface area contributed by atoms with Crippen molar-refractivity contribution in [3.63, 3.8) is 0 Å². The first-order chi connectivity index (χ1) is 8.50. The van der Waals surface area contributed by atoms with Gasteiger partial charge in [0.25, 0.3) is 0 Å². The number of amides is 1. The van der Waals surface area contributed by atoms with Crippen LogP contribution in [0.15, 0.2) is 0 Å². The van der Waals surface area contributed by atoms with E-state index in [0.717, 1.165) is 25.7 Å². The van der Waals surface area contributed by atoms with Crippen molar-refractivity contribution >= 4 is 12.2 Å². The van der Waals surface area contributed by atoms with Gasteiger partial charge in [0.05, 0.1) is 0 Å². The van der Waals surface area contributed by atoms with Crippen molar-refractivity contribution in [2.24, 2.45) is 23.0 Å². The zero-order valence-corrected chi connectivity index (χ0v) is 9.89. The number of carbonyl (C=O) groups excluding carboxylic acids is 2. The van der Waals surface area contributed by atoms with Crippen molar-refractivity contribution in [2.45, 2.75) is 43.8 Å². The van der Waals surface area contributed by atoms with E-state index in [9.17, 15) is 9.59 Å². The number of nitrogens with two attached hydrogens (primary N) is 2. The number of ether oxygens (including phenoxy) is 2. The maximum atomic E-state index is 11.2. The van der Waals surface area contributed by atoms with Crippen LogP contribution in [0.2, 0.25) is 0 Å². The van der Waals surface area contributed by atoms with E-state index in [-0.39, 0.29) is 17.4 Å². The van der Waals surface area contributed by atoms with Gasteiger partial charge in [-0.2, -0.15) is 5.90 Å². The lowest BCUT2D eigenvalue weighted by atomic mass is 9.81. The van der Waals surface area contributed by atoms with Crippen molar-refractivity contribution in [3.05, 3.63) is 0 Å². The molecule has 1 spiro atoms. The van der Waals surface area contributed by atoms with E-state index in [0.29, 0.717) is 6.42 Å². The topological polar surface area (TPSA) is 114 Å². The Labute approximate surface area is 104 Å². The molecular formula is C11H16N2O5. The molecule has 0 aliphatic heterocycles. The van der Waals surface area contributed by atoms with Crippen LogP contribution in [0.5, 0.6) is 0 Å². The van der Waals surface area contributed by atoms with Crippen molar-refractivity contribution < 1.29 is 23.9 Å². The van der Waals surface area contributed by atoms with Gasteiger partial charge in [0, 0.05) is 11.3 Å². The Hall–Kier alpha value is -1.50. The second kappa shape index (κ2) is 3.50. The Morgan fingerprint density at radius 3 is 2.72 bits per heavy atom. The molecule has 0 radical (unpaired) electrons. The molecule has 0 aromatic rings. The highest BCUT2D eigenvalue weighted by Crippen LogP contribution is 2.75. The Kier molecular flexibility index (Phi) is 2.25. The summed E-state index contributed by atoms with van der Waals surface area (Å²) in [4.78, 5) is 26.1. The fourth-order valence-corrected chi connectivity index (χ4v) is 4.06. The summed E-state index contributed by atoms with van der Waals surface area (Å²) in [5.74, 6) is 5.01. The normalized spacial score (nSPS) is 43.8. The first-order valence-corrected chi connectivity index (χ1v) is 6.06. The third-order valence-electron chi connectivity index (χ3n) is 4.79. The SMILES string of the molecule is NOC(=O)OC12CC3CC1(CCC3OC(N)=O)C2. The van der Waals surface area contributed by atoms with E-state index in [1.807, 2.05) is 0 Å². The summed E-state index contributed by atoms with van der Waals surface area (Å²) in [5.41, 5.74) is 4.64. The van der Waals surface area contributed by atoms with E-state index in [1.54, 1.807) is 0 Å². The standard InChI is InChI=1S/C11H16N2O5/c12-8(14)16-7-1-2-10-3-6(7)4-11(10,5-10)17-9(15)18-13/h6-7H,1-5,13H2,(H2,12,14). The number of fused-ring (bicyclic) bond motifs is 1. The number of carbonyl (C=O) groups is 2. The predicted octanol–water partition coefficient (Wildman–Crippen LogP) is 0.810. The molecule has 0 saturated heterocycles. The molecule has 4 unspecified atom stereocenters. The van der Waals surface area contributed by atoms with Crippen LogP contribution in [0.25, 0.3) is 0 Å². The summed E-state index contributed by atoms with van der Waals surface area (Å²) in [7, 11) is 0. The molecule has 3 aliphatic rings. The Morgan fingerprint density at radius 2 is 2.06 bits per heavy atom. The molecule has 2 bridgehead atoms. The van der Waals surface area contributed by atoms with Crippen LogP contribution < -0.4 is 11.6 Å². The van der Waals surface area contributed by atoms with E-state index >= 15 is 0 Å². The predicted molar refractivity (Wildman–Crippen MR) is 57.9 cm³/mol. The van der Waals surface area contributed by atoms with E-state index in [4.69, 9.17) is 21.1 Å². The summed E-state index contributed by atoms with van der Waals surface area (Å²) >= 11 is 0. The molecular weight excluding hydrogens is 240 g/mol. The lowest BCUT2D eigenvalue weighted by Gasteiger charge is -2.30. The first-order valence-electron chi connectivity index (χ1n) is 6.06. The fraction of sp³-hybridized carbons (Fsp3) is 0.818. The largest absolute Gasteiger partial charge is 0.528 e. The van der Waals surface area contributed by atoms with Crippen molar-refractivity contribution in [2.75, 3.05) is 0 Å². The van der Waals surface area contributed by atoms with E-state index < -0.39 is 17.8 Å². The van der Waals surface area contributed by atoms with E-state index in [1.165, 1.54) is 0 Å². The molecule has 7 heteroatoms. The van der Waals surface area contributed by atoms with Crippen LogP contribution in [-0.4, -0.2) is 24.0 Å². The van der Waals surface area contributed by atoms with Gasteiger partial charge in [-0.1, -0.05) is 0 Å². The van der Waals surface area contributed by atoms with Crippen molar-refractivity contribution in [3.8, 4) is 0 Å². The zero-order valence-electron chi connectivity index (χ0n) is 9.89. The van der Waals surface area contributed by atoms with Crippen LogP contribution in [0.1, 0.15) is 32.1 Å². The minimum absolute atomic E-state index is 0.0450. The minimum Gasteiger partial charge on any atom is -0.446 e. The number of rotatable bonds is 2. The zero-order chi connectivity index (χ0) is 13.0. The second-order valence-electron chi connectivity index (χ2n) is 5.60. The molecule has 100 valence electrons. The molecule has 1 amide bonds. The minimum atomic E-state index is -0.841. The number of hydrogen-bond acceptors (Lipinski definition) is 6. The molecule has 4 N–H and O–H groups in total. The Balaban J connectivity index is 1.70. The third-order valence-corrected chi connectivity index (χ3v) is 4.79. The van der Waals surface area contributed by atoms with Crippen LogP contribution in [0.4, 0.5) is 9.59 Å². The number of hydrogen-bond donors (Lipinski definition) is 2. The summed E-state index contributed by atoms with van der Waals surface area (Å²) in [5, 5.41) is 0. The highest BCUT2D eigenvalue weighted by molar-refractivity contribution is 5.65. The number of primary amides is 1. The summed E-state index contributed by atoms with van der Waals surface area (Å²) in [6, 6.07) is 0. The molecule has 3 saturated carbocycles. The quantitative estimate of drug-likeness (QED) is 0.558. The van der Waals surface area contributed by atoms with Crippen molar-refractivity contribution in [1.29, 1.82) is 0 Å². The van der Waals surface area contributed by atoms with Crippen molar-refractivity contribution in [1.82, 2.24) is 0 Å². The molecule has 18 heavy (non-hydrogen) atoms. The Morgan fingerprint density at radius 1 is 1.28 bits per heavy atom. The lowest BCUT2D eigenvalue weighted by Crippen LogP contribution is -2.32. The molecule has 3 rings (SSSR count). The maximum absolute atomic E-state index is 11.2. The lowest BCUT2D eigenvalue weighted by molar-refractivity contribution is -0.000736. The summed E-state index contributed by atoms with van der Waals surface area (Å²) in [6.07, 6.45) is 2.36. The molecule has 3 aliphatic carbocycles. The highest BCUT2D eigenvalue weighted by atomic mass is 16.8. The third kappa shape index (κ3) is 1.46. The van der Waals surface area contributed by atoms with Crippen LogP contribution in [0.3, 0.4) is 0 Å². The van der Waals surface area contributed by atoms with Gasteiger partial charge in [0.15, 0.2) is 0 Å². The van der Waals surface area contributed by atoms with Gasteiger partial charge in [0.2, 0.25) is 0 Å². The van der Waals surface area contributed by atoms with Gasteiger partial charge in [-0.05, 0) is 32.1 Å². The summed E-state index contributed by atoms with van der Waals surface area (Å²) < 4.78 is 10.4. The maximum Gasteiger partial charge on any atom is 0.528 e. The van der Waals surface area contributed by atoms with E-state index in [2.05, 4.69) is 4.84 Å². The smallest absolute Gasteiger partial charge is 0.446 e. The van der Waals surface area contributed by atoms with Crippen LogP contribution >= 0.6 is 0 Å². The van der Waals surface area contributed by atoms with Gasteiger partial charge < -0.3 is 20.0 Å². The molecule has 0 heterocycles. The first kappa shape index (κ1) is 11.6. The van der Waals surface area contributed by atoms with Crippen LogP contribution in [-0.2, 0) is 14.3 Å². The molecule has 0 aromatic heterocycles. The van der Waals surface area contributed by atoms with Gasteiger partial charge in [-0.25, -0.2) is 9.59 Å². The summed E-state index contributed by atoms with van der Waals surface area (Å²) in [6.45, 7) is 0. The van der Waals surface area contributed by atoms with Gasteiger partial charge in [-0.15, -0.1) is 0 Å². The molecule has 0 aromatic carbocycles. The molecule has 7 nitrogen and oxygen atoms in total.